The van der Waals surface area contributed by atoms with E-state index >= 15 is 0 Å². The number of unbranched alkanes of at least 4 members (excludes halogenated alkanes) is 12. The summed E-state index contributed by atoms with van der Waals surface area (Å²) in [5.41, 5.74) is -0.0228. The van der Waals surface area contributed by atoms with Gasteiger partial charge in [0.05, 0.1) is 24.4 Å². The molecule has 0 aromatic rings. The van der Waals surface area contributed by atoms with Crippen LogP contribution in [-0.2, 0) is 14.2 Å². The van der Waals surface area contributed by atoms with Gasteiger partial charge in [0.2, 0.25) is 0 Å². The standard InChI is InChI=1S/C28H54O3/c1-3-5-7-9-11-13-15-19-27(21-17-23-30-27)25-29-26-28(22-18-24-31-28)20-16-14-12-10-8-6-4-2/h3-26H2,1-2H3. The molecule has 0 amide bonds. The zero-order chi connectivity index (χ0) is 22.1. The Hall–Kier alpha value is -0.120. The molecule has 0 aromatic heterocycles. The first kappa shape index (κ1) is 27.1. The Labute approximate surface area is 194 Å². The summed E-state index contributed by atoms with van der Waals surface area (Å²) in [6, 6.07) is 0. The lowest BCUT2D eigenvalue weighted by molar-refractivity contribution is -0.116. The van der Waals surface area contributed by atoms with E-state index in [4.69, 9.17) is 14.2 Å². The molecule has 2 unspecified atom stereocenters. The Balaban J connectivity index is 1.64. The van der Waals surface area contributed by atoms with Crippen LogP contribution in [0.5, 0.6) is 0 Å². The molecule has 3 heteroatoms. The minimum Gasteiger partial charge on any atom is -0.375 e. The SMILES string of the molecule is CCCCCCCCCC1(COCC2(CCCCCCCCC)CCCO2)CCCO1. The molecular weight excluding hydrogens is 384 g/mol. The van der Waals surface area contributed by atoms with Crippen molar-refractivity contribution >= 4 is 0 Å². The van der Waals surface area contributed by atoms with Crippen LogP contribution in [0.25, 0.3) is 0 Å². The quantitative estimate of drug-likeness (QED) is 0.179. The lowest BCUT2D eigenvalue weighted by Gasteiger charge is -2.32. The summed E-state index contributed by atoms with van der Waals surface area (Å²) in [4.78, 5) is 0. The van der Waals surface area contributed by atoms with Crippen LogP contribution in [-0.4, -0.2) is 37.6 Å². The fraction of sp³-hybridized carbons (Fsp3) is 1.00. The van der Waals surface area contributed by atoms with Crippen LogP contribution in [0.2, 0.25) is 0 Å². The molecule has 0 radical (unpaired) electrons. The summed E-state index contributed by atoms with van der Waals surface area (Å²) in [6.45, 7) is 7.95. The molecule has 0 N–H and O–H groups in total. The molecule has 2 atom stereocenters. The summed E-state index contributed by atoms with van der Waals surface area (Å²) in [6.07, 6.45) is 26.2. The van der Waals surface area contributed by atoms with E-state index in [0.717, 1.165) is 26.4 Å². The van der Waals surface area contributed by atoms with Crippen molar-refractivity contribution in [1.82, 2.24) is 0 Å². The van der Waals surface area contributed by atoms with Crippen molar-refractivity contribution < 1.29 is 14.2 Å². The predicted molar refractivity (Wildman–Crippen MR) is 132 cm³/mol. The molecule has 2 heterocycles. The first-order valence-corrected chi connectivity index (χ1v) is 14.1. The molecule has 2 aliphatic rings. The largest absolute Gasteiger partial charge is 0.375 e. The van der Waals surface area contributed by atoms with E-state index in [2.05, 4.69) is 13.8 Å². The van der Waals surface area contributed by atoms with Crippen molar-refractivity contribution in [3.8, 4) is 0 Å². The first-order valence-electron chi connectivity index (χ1n) is 14.1. The van der Waals surface area contributed by atoms with Gasteiger partial charge in [-0.15, -0.1) is 0 Å². The second-order valence-corrected chi connectivity index (χ2v) is 10.5. The smallest absolute Gasteiger partial charge is 0.0915 e. The van der Waals surface area contributed by atoms with Gasteiger partial charge < -0.3 is 14.2 Å². The van der Waals surface area contributed by atoms with Gasteiger partial charge in [-0.2, -0.15) is 0 Å². The minimum atomic E-state index is -0.0114. The second kappa shape index (κ2) is 16.5. The minimum absolute atomic E-state index is 0.0114. The van der Waals surface area contributed by atoms with E-state index in [9.17, 15) is 0 Å². The molecular formula is C28H54O3. The summed E-state index contributed by atoms with van der Waals surface area (Å²) < 4.78 is 18.9. The van der Waals surface area contributed by atoms with Gasteiger partial charge in [-0.1, -0.05) is 104 Å². The van der Waals surface area contributed by atoms with Gasteiger partial charge in [0, 0.05) is 13.2 Å². The maximum absolute atomic E-state index is 6.38. The fourth-order valence-corrected chi connectivity index (χ4v) is 5.51. The normalized spacial score (nSPS) is 26.1. The van der Waals surface area contributed by atoms with Gasteiger partial charge in [-0.05, 0) is 38.5 Å². The summed E-state index contributed by atoms with van der Waals surface area (Å²) in [7, 11) is 0. The number of hydrogen-bond acceptors (Lipinski definition) is 3. The topological polar surface area (TPSA) is 27.7 Å². The monoisotopic (exact) mass is 438 g/mol. The van der Waals surface area contributed by atoms with Crippen LogP contribution in [0.4, 0.5) is 0 Å². The Kier molecular flexibility index (Phi) is 14.4. The van der Waals surface area contributed by atoms with Crippen molar-refractivity contribution in [2.24, 2.45) is 0 Å². The van der Waals surface area contributed by atoms with Gasteiger partial charge in [0.15, 0.2) is 0 Å². The van der Waals surface area contributed by atoms with Gasteiger partial charge in [-0.25, -0.2) is 0 Å². The fourth-order valence-electron chi connectivity index (χ4n) is 5.51. The van der Waals surface area contributed by atoms with Crippen LogP contribution in [0.3, 0.4) is 0 Å². The molecule has 0 aliphatic carbocycles. The number of rotatable bonds is 20. The molecule has 2 aliphatic heterocycles. The Morgan fingerprint density at radius 1 is 0.548 bits per heavy atom. The second-order valence-electron chi connectivity index (χ2n) is 10.5. The summed E-state index contributed by atoms with van der Waals surface area (Å²) >= 11 is 0. The van der Waals surface area contributed by atoms with Crippen LogP contribution < -0.4 is 0 Å². The van der Waals surface area contributed by atoms with E-state index in [0.29, 0.717) is 0 Å². The molecule has 2 fully saturated rings. The van der Waals surface area contributed by atoms with Crippen LogP contribution in [0, 0.1) is 0 Å². The highest BCUT2D eigenvalue weighted by Crippen LogP contribution is 2.35. The molecule has 31 heavy (non-hydrogen) atoms. The van der Waals surface area contributed by atoms with E-state index in [1.54, 1.807) is 0 Å². The predicted octanol–water partition coefficient (Wildman–Crippen LogP) is 8.38. The number of ether oxygens (including phenoxy) is 3. The average molecular weight is 439 g/mol. The van der Waals surface area contributed by atoms with Gasteiger partial charge in [-0.3, -0.25) is 0 Å². The Bertz CT molecular complexity index is 372. The average Bonchev–Trinajstić information content (AvgIpc) is 3.43. The highest BCUT2D eigenvalue weighted by atomic mass is 16.6. The summed E-state index contributed by atoms with van der Waals surface area (Å²) in [5, 5.41) is 0. The van der Waals surface area contributed by atoms with E-state index < -0.39 is 0 Å². The molecule has 184 valence electrons. The van der Waals surface area contributed by atoms with Crippen molar-refractivity contribution in [1.29, 1.82) is 0 Å². The third-order valence-electron chi connectivity index (χ3n) is 7.57. The lowest BCUT2D eigenvalue weighted by atomic mass is 9.92. The third-order valence-corrected chi connectivity index (χ3v) is 7.57. The molecule has 2 rings (SSSR count). The van der Waals surface area contributed by atoms with E-state index in [-0.39, 0.29) is 11.2 Å². The Morgan fingerprint density at radius 2 is 0.935 bits per heavy atom. The zero-order valence-electron chi connectivity index (χ0n) is 21.2. The molecule has 2 saturated heterocycles. The van der Waals surface area contributed by atoms with Crippen LogP contribution in [0.15, 0.2) is 0 Å². The van der Waals surface area contributed by atoms with Gasteiger partial charge >= 0.3 is 0 Å². The number of hydrogen-bond donors (Lipinski definition) is 0. The van der Waals surface area contributed by atoms with Crippen LogP contribution >= 0.6 is 0 Å². The zero-order valence-corrected chi connectivity index (χ0v) is 21.2. The van der Waals surface area contributed by atoms with Crippen molar-refractivity contribution in [3.05, 3.63) is 0 Å². The van der Waals surface area contributed by atoms with E-state index in [1.165, 1.54) is 128 Å². The van der Waals surface area contributed by atoms with Crippen molar-refractivity contribution in [2.75, 3.05) is 26.4 Å². The maximum atomic E-state index is 6.38. The molecule has 0 spiro atoms. The maximum Gasteiger partial charge on any atom is 0.0915 e. The molecule has 3 nitrogen and oxygen atoms in total. The highest BCUT2D eigenvalue weighted by Gasteiger charge is 2.38. The highest BCUT2D eigenvalue weighted by molar-refractivity contribution is 4.88. The Morgan fingerprint density at radius 3 is 1.29 bits per heavy atom. The molecule has 0 bridgehead atoms. The van der Waals surface area contributed by atoms with Gasteiger partial charge in [0.25, 0.3) is 0 Å². The molecule has 0 saturated carbocycles. The first-order chi connectivity index (χ1) is 15.2. The van der Waals surface area contributed by atoms with Crippen molar-refractivity contribution in [2.45, 2.75) is 153 Å². The lowest BCUT2D eigenvalue weighted by Crippen LogP contribution is -2.39. The molecule has 0 aromatic carbocycles. The van der Waals surface area contributed by atoms with Crippen molar-refractivity contribution in [3.63, 3.8) is 0 Å². The van der Waals surface area contributed by atoms with E-state index in [1.807, 2.05) is 0 Å². The summed E-state index contributed by atoms with van der Waals surface area (Å²) in [5.74, 6) is 0. The van der Waals surface area contributed by atoms with Crippen LogP contribution in [0.1, 0.15) is 142 Å². The van der Waals surface area contributed by atoms with Gasteiger partial charge in [0.1, 0.15) is 0 Å². The third kappa shape index (κ3) is 11.0.